The maximum Gasteiger partial charge on any atom is 0.294 e. The molecule has 1 spiro atoms. The van der Waals surface area contributed by atoms with Crippen LogP contribution in [0.15, 0.2) is 47.5 Å². The van der Waals surface area contributed by atoms with E-state index in [4.69, 9.17) is 26.1 Å². The van der Waals surface area contributed by atoms with Crippen LogP contribution < -0.4 is 35.9 Å². The number of imide groups is 1. The van der Waals surface area contributed by atoms with Gasteiger partial charge in [-0.2, -0.15) is 10.1 Å². The largest absolute Gasteiger partial charge is 0.490 e. The zero-order chi connectivity index (χ0) is 37.7. The van der Waals surface area contributed by atoms with Gasteiger partial charge in [0.15, 0.2) is 18.2 Å². The minimum atomic E-state index is -0.449. The van der Waals surface area contributed by atoms with Crippen molar-refractivity contribution in [1.82, 2.24) is 39.9 Å². The normalized spacial score (nSPS) is 18.4. The summed E-state index contributed by atoms with van der Waals surface area (Å²) in [5.41, 5.74) is 2.38. The number of aryl methyl sites for hydroxylation is 2. The molecule has 3 N–H and O–H groups in total. The van der Waals surface area contributed by atoms with Gasteiger partial charge in [0.25, 0.3) is 11.5 Å². The van der Waals surface area contributed by atoms with Crippen molar-refractivity contribution in [3.05, 3.63) is 63.8 Å². The van der Waals surface area contributed by atoms with Crippen molar-refractivity contribution in [3.63, 3.8) is 0 Å². The van der Waals surface area contributed by atoms with Crippen LogP contribution in [0.25, 0.3) is 21.9 Å². The molecule has 1 unspecified atom stereocenters. The summed E-state index contributed by atoms with van der Waals surface area (Å²) in [5, 5.41) is 14.6. The van der Waals surface area contributed by atoms with Gasteiger partial charge < -0.3 is 25.0 Å². The molecule has 8 rings (SSSR count). The van der Waals surface area contributed by atoms with Gasteiger partial charge in [-0.05, 0) is 56.4 Å². The van der Waals surface area contributed by atoms with Crippen LogP contribution in [0.5, 0.6) is 11.5 Å². The molecule has 16 nitrogen and oxygen atoms in total. The Hall–Kier alpha value is -5.77. The minimum absolute atomic E-state index is 0.0375. The fourth-order valence-electron chi connectivity index (χ4n) is 7.73. The molecule has 2 saturated heterocycles. The summed E-state index contributed by atoms with van der Waals surface area (Å²) < 4.78 is 15.1. The first-order valence-electron chi connectivity index (χ1n) is 17.8. The number of halogens is 1. The highest BCUT2D eigenvalue weighted by Crippen LogP contribution is 2.46. The van der Waals surface area contributed by atoms with E-state index < -0.39 is 11.5 Å². The van der Waals surface area contributed by atoms with Crippen LogP contribution >= 0.6 is 11.6 Å². The van der Waals surface area contributed by atoms with Crippen molar-refractivity contribution in [2.45, 2.75) is 50.5 Å². The van der Waals surface area contributed by atoms with Gasteiger partial charge in [0.1, 0.15) is 16.4 Å². The standard InChI is InChI=1S/C37H39ClN10O6/c1-39-30(50)17-53-28-13-20-12-21(15-40-33(20)46(2)35(28)52)42-32-26(38)16-41-36(44-32)48-18-37(19-48)10-8-22(9-11-37)54-23-4-5-24-27(14-23)47(3)45-31(24)25-6-7-29(49)43-34(25)51/h4-5,12-16,22,25H,6-11,17-19H2,1-3H3,(H,39,50)(H,41,42,44)(H,43,49,51). The monoisotopic (exact) mass is 754 g/mol. The number of piperidine rings is 1. The van der Waals surface area contributed by atoms with Crippen LogP contribution in [0.4, 0.5) is 17.5 Å². The Kier molecular flexibility index (Phi) is 9.08. The van der Waals surface area contributed by atoms with Gasteiger partial charge in [0.2, 0.25) is 17.8 Å². The van der Waals surface area contributed by atoms with Crippen molar-refractivity contribution in [2.24, 2.45) is 19.5 Å². The van der Waals surface area contributed by atoms with Gasteiger partial charge in [0.05, 0.1) is 41.3 Å². The molecule has 2 aliphatic heterocycles. The second-order valence-corrected chi connectivity index (χ2v) is 14.7. The molecule has 1 atom stereocenters. The lowest BCUT2D eigenvalue weighted by molar-refractivity contribution is -0.134. The average Bonchev–Trinajstić information content (AvgIpc) is 3.47. The Morgan fingerprint density at radius 3 is 2.61 bits per heavy atom. The number of pyridine rings is 2. The van der Waals surface area contributed by atoms with E-state index in [0.29, 0.717) is 52.0 Å². The van der Waals surface area contributed by atoms with E-state index in [1.807, 2.05) is 25.2 Å². The molecule has 0 radical (unpaired) electrons. The minimum Gasteiger partial charge on any atom is -0.490 e. The van der Waals surface area contributed by atoms with Crippen molar-refractivity contribution in [1.29, 1.82) is 0 Å². The molecule has 6 heterocycles. The number of fused-ring (bicyclic) bond motifs is 2. The molecule has 1 aliphatic carbocycles. The molecule has 280 valence electrons. The van der Waals surface area contributed by atoms with Crippen molar-refractivity contribution < 1.29 is 23.9 Å². The molecular formula is C37H39ClN10O6. The summed E-state index contributed by atoms with van der Waals surface area (Å²) in [5.74, 6) is 0.472. The van der Waals surface area contributed by atoms with E-state index in [2.05, 4.69) is 35.9 Å². The van der Waals surface area contributed by atoms with E-state index in [9.17, 15) is 19.2 Å². The molecule has 17 heteroatoms. The molecule has 54 heavy (non-hydrogen) atoms. The summed E-state index contributed by atoms with van der Waals surface area (Å²) in [6, 6.07) is 9.25. The van der Waals surface area contributed by atoms with Crippen LogP contribution in [-0.2, 0) is 28.5 Å². The summed E-state index contributed by atoms with van der Waals surface area (Å²) >= 11 is 6.52. The van der Waals surface area contributed by atoms with E-state index in [1.165, 1.54) is 11.6 Å². The Bertz CT molecular complexity index is 2380. The quantitative estimate of drug-likeness (QED) is 0.186. The molecule has 3 aliphatic rings. The van der Waals surface area contributed by atoms with Gasteiger partial charge in [-0.15, -0.1) is 0 Å². The molecule has 5 aromatic rings. The molecule has 1 aromatic carbocycles. The molecular weight excluding hydrogens is 716 g/mol. The fraction of sp³-hybridized carbons (Fsp3) is 0.405. The number of benzene rings is 1. The van der Waals surface area contributed by atoms with E-state index in [0.717, 1.165) is 55.4 Å². The van der Waals surface area contributed by atoms with Gasteiger partial charge in [0, 0.05) is 62.9 Å². The first-order chi connectivity index (χ1) is 26.0. The Labute approximate surface area is 314 Å². The Balaban J connectivity index is 0.889. The van der Waals surface area contributed by atoms with Gasteiger partial charge in [-0.1, -0.05) is 11.6 Å². The SMILES string of the molecule is CNC(=O)COc1cc2cc(Nc3nc(N4CC5(CCC(Oc6ccc7c(C8CCC(=O)NC8=O)nn(C)c7c6)CC5)C4)ncc3Cl)cnc2n(C)c1=O. The number of hydrogen-bond donors (Lipinski definition) is 3. The third-order valence-corrected chi connectivity index (χ3v) is 11.0. The number of nitrogens with one attached hydrogen (secondary N) is 3. The summed E-state index contributed by atoms with van der Waals surface area (Å²) in [6.07, 6.45) is 7.89. The van der Waals surface area contributed by atoms with Crippen LogP contribution in [0.2, 0.25) is 5.02 Å². The summed E-state index contributed by atoms with van der Waals surface area (Å²) in [7, 11) is 4.94. The molecule has 0 bridgehead atoms. The lowest BCUT2D eigenvalue weighted by Gasteiger charge is -2.53. The Morgan fingerprint density at radius 1 is 1.06 bits per heavy atom. The van der Waals surface area contributed by atoms with Crippen LogP contribution in [0.3, 0.4) is 0 Å². The maximum absolute atomic E-state index is 12.7. The van der Waals surface area contributed by atoms with Crippen LogP contribution in [0.1, 0.15) is 50.1 Å². The predicted octanol–water partition coefficient (Wildman–Crippen LogP) is 3.48. The van der Waals surface area contributed by atoms with Crippen molar-refractivity contribution >= 4 is 68.7 Å². The topological polar surface area (TPSA) is 187 Å². The lowest BCUT2D eigenvalue weighted by Crippen LogP contribution is -2.58. The Morgan fingerprint density at radius 2 is 1.85 bits per heavy atom. The zero-order valence-electron chi connectivity index (χ0n) is 30.0. The predicted molar refractivity (Wildman–Crippen MR) is 200 cm³/mol. The van der Waals surface area contributed by atoms with E-state index >= 15 is 0 Å². The maximum atomic E-state index is 12.7. The average molecular weight is 755 g/mol. The molecule has 4 aromatic heterocycles. The van der Waals surface area contributed by atoms with Gasteiger partial charge >= 0.3 is 0 Å². The second kappa shape index (κ2) is 13.9. The smallest absolute Gasteiger partial charge is 0.294 e. The third-order valence-electron chi connectivity index (χ3n) is 10.7. The number of carbonyl (C=O) groups excluding carboxylic acids is 3. The fourth-order valence-corrected chi connectivity index (χ4v) is 7.87. The number of rotatable bonds is 9. The first-order valence-corrected chi connectivity index (χ1v) is 18.2. The molecule has 1 saturated carbocycles. The van der Waals surface area contributed by atoms with Crippen molar-refractivity contribution in [2.75, 3.05) is 37.0 Å². The van der Waals surface area contributed by atoms with Crippen LogP contribution in [0, 0.1) is 5.41 Å². The highest BCUT2D eigenvalue weighted by atomic mass is 35.5. The number of hydrogen-bond acceptors (Lipinski definition) is 12. The van der Waals surface area contributed by atoms with Crippen molar-refractivity contribution in [3.8, 4) is 11.5 Å². The zero-order valence-corrected chi connectivity index (χ0v) is 30.8. The number of ether oxygens (including phenoxy) is 2. The number of aromatic nitrogens is 6. The van der Waals surface area contributed by atoms with Gasteiger partial charge in [-0.3, -0.25) is 33.7 Å². The number of carbonyl (C=O) groups is 3. The number of anilines is 3. The second-order valence-electron chi connectivity index (χ2n) is 14.3. The van der Waals surface area contributed by atoms with Crippen LogP contribution in [-0.4, -0.2) is 79.9 Å². The van der Waals surface area contributed by atoms with E-state index in [1.54, 1.807) is 36.3 Å². The summed E-state index contributed by atoms with van der Waals surface area (Å²) in [4.78, 5) is 64.5. The first kappa shape index (κ1) is 35.3. The third kappa shape index (κ3) is 6.65. The highest BCUT2D eigenvalue weighted by molar-refractivity contribution is 6.33. The summed E-state index contributed by atoms with van der Waals surface area (Å²) in [6.45, 7) is 1.37. The number of amides is 3. The molecule has 3 amide bonds. The highest BCUT2D eigenvalue weighted by Gasteiger charge is 2.46. The lowest BCUT2D eigenvalue weighted by atomic mass is 9.68. The number of nitrogens with zero attached hydrogens (tertiary/aromatic N) is 7. The van der Waals surface area contributed by atoms with Gasteiger partial charge in [-0.25, -0.2) is 9.97 Å². The number of likely N-dealkylation sites (N-methyl/N-ethyl adjacent to an activating group) is 1. The van der Waals surface area contributed by atoms with E-state index in [-0.39, 0.29) is 41.6 Å². The molecule has 3 fully saturated rings.